The summed E-state index contributed by atoms with van der Waals surface area (Å²) < 4.78 is 1.78. The van der Waals surface area contributed by atoms with Gasteiger partial charge in [0.15, 0.2) is 5.65 Å². The number of pyridine rings is 1. The molecule has 1 N–H and O–H groups in total. The van der Waals surface area contributed by atoms with Crippen LogP contribution in [0, 0.1) is 6.92 Å². The van der Waals surface area contributed by atoms with Gasteiger partial charge in [-0.15, -0.1) is 0 Å². The molecule has 2 aliphatic rings. The van der Waals surface area contributed by atoms with Crippen molar-refractivity contribution in [3.63, 3.8) is 0 Å². The Morgan fingerprint density at radius 2 is 2.14 bits per heavy atom. The smallest absolute Gasteiger partial charge is 0.252 e. The third kappa shape index (κ3) is 2.11. The fourth-order valence-electron chi connectivity index (χ4n) is 2.89. The van der Waals surface area contributed by atoms with Crippen LogP contribution in [0.3, 0.4) is 0 Å². The monoisotopic (exact) mass is 284 g/mol. The molecule has 5 nitrogen and oxygen atoms in total. The highest BCUT2D eigenvalue weighted by atomic mass is 16.1. The van der Waals surface area contributed by atoms with Crippen molar-refractivity contribution in [1.29, 1.82) is 0 Å². The summed E-state index contributed by atoms with van der Waals surface area (Å²) in [6, 6.07) is 1.98. The number of hydrogen-bond acceptors (Lipinski definition) is 3. The quantitative estimate of drug-likeness (QED) is 0.941. The van der Waals surface area contributed by atoms with Gasteiger partial charge in [-0.2, -0.15) is 5.10 Å². The Morgan fingerprint density at radius 3 is 2.76 bits per heavy atom. The zero-order valence-electron chi connectivity index (χ0n) is 12.7. The second-order valence-electron chi connectivity index (χ2n) is 6.79. The minimum Gasteiger partial charge on any atom is -0.347 e. The van der Waals surface area contributed by atoms with Gasteiger partial charge in [-0.05, 0) is 45.6 Å². The summed E-state index contributed by atoms with van der Waals surface area (Å²) in [7, 11) is 1.89. The molecule has 0 spiro atoms. The standard InChI is InChI=1S/C16H20N4O/c1-9-13-11(15(21)18-16(2)6-7-16)8-12(10-4-5-10)17-14(13)20(3)19-9/h8,10H,4-7H2,1-3H3,(H,18,21). The van der Waals surface area contributed by atoms with E-state index in [-0.39, 0.29) is 11.4 Å². The van der Waals surface area contributed by atoms with E-state index < -0.39 is 0 Å². The molecule has 0 aromatic carbocycles. The van der Waals surface area contributed by atoms with Crippen LogP contribution in [-0.2, 0) is 7.05 Å². The molecule has 2 aromatic rings. The van der Waals surface area contributed by atoms with E-state index in [1.54, 1.807) is 4.68 Å². The van der Waals surface area contributed by atoms with Gasteiger partial charge < -0.3 is 5.32 Å². The zero-order valence-corrected chi connectivity index (χ0v) is 12.7. The highest BCUT2D eigenvalue weighted by molar-refractivity contribution is 6.07. The molecule has 0 bridgehead atoms. The Labute approximate surface area is 123 Å². The maximum Gasteiger partial charge on any atom is 0.252 e. The molecule has 2 fully saturated rings. The minimum absolute atomic E-state index is 0.0114. The lowest BCUT2D eigenvalue weighted by atomic mass is 10.1. The summed E-state index contributed by atoms with van der Waals surface area (Å²) in [5.41, 5.74) is 3.45. The summed E-state index contributed by atoms with van der Waals surface area (Å²) in [6.45, 7) is 4.04. The number of rotatable bonds is 3. The van der Waals surface area contributed by atoms with Crippen molar-refractivity contribution >= 4 is 16.9 Å². The minimum atomic E-state index is -0.0114. The number of aromatic nitrogens is 3. The van der Waals surface area contributed by atoms with Crippen LogP contribution in [0.1, 0.15) is 60.3 Å². The molecular weight excluding hydrogens is 264 g/mol. The average Bonchev–Trinajstić information content (AvgIpc) is 3.33. The van der Waals surface area contributed by atoms with E-state index in [9.17, 15) is 4.79 Å². The summed E-state index contributed by atoms with van der Waals surface area (Å²) >= 11 is 0. The summed E-state index contributed by atoms with van der Waals surface area (Å²) in [5.74, 6) is 0.535. The maximum atomic E-state index is 12.7. The predicted molar refractivity (Wildman–Crippen MR) is 80.3 cm³/mol. The largest absolute Gasteiger partial charge is 0.347 e. The first kappa shape index (κ1) is 12.8. The van der Waals surface area contributed by atoms with Gasteiger partial charge in [0.2, 0.25) is 0 Å². The summed E-state index contributed by atoms with van der Waals surface area (Å²) in [6.07, 6.45) is 4.48. The lowest BCUT2D eigenvalue weighted by Gasteiger charge is -2.13. The van der Waals surface area contributed by atoms with E-state index in [2.05, 4.69) is 17.3 Å². The third-order valence-corrected chi connectivity index (χ3v) is 4.64. The van der Waals surface area contributed by atoms with Crippen LogP contribution in [0.5, 0.6) is 0 Å². The topological polar surface area (TPSA) is 59.8 Å². The molecule has 0 radical (unpaired) electrons. The van der Waals surface area contributed by atoms with Crippen LogP contribution in [0.15, 0.2) is 6.07 Å². The molecule has 2 aliphatic carbocycles. The first-order chi connectivity index (χ1) is 9.97. The fraction of sp³-hybridized carbons (Fsp3) is 0.562. The lowest BCUT2D eigenvalue weighted by Crippen LogP contribution is -2.34. The van der Waals surface area contributed by atoms with Crippen molar-refractivity contribution < 1.29 is 4.79 Å². The number of amides is 1. The molecule has 1 amide bonds. The zero-order chi connectivity index (χ0) is 14.8. The molecule has 0 atom stereocenters. The SMILES string of the molecule is Cc1nn(C)c2nc(C3CC3)cc(C(=O)NC3(C)CC3)c12. The van der Waals surface area contributed by atoms with Gasteiger partial charge in [0.05, 0.1) is 16.6 Å². The van der Waals surface area contributed by atoms with Gasteiger partial charge in [0.1, 0.15) is 0 Å². The van der Waals surface area contributed by atoms with Crippen molar-refractivity contribution in [2.75, 3.05) is 0 Å². The molecule has 2 aromatic heterocycles. The van der Waals surface area contributed by atoms with E-state index in [1.165, 1.54) is 12.8 Å². The highest BCUT2D eigenvalue weighted by Gasteiger charge is 2.39. The van der Waals surface area contributed by atoms with Crippen LogP contribution >= 0.6 is 0 Å². The summed E-state index contributed by atoms with van der Waals surface area (Å²) in [4.78, 5) is 17.4. The molecule has 110 valence electrons. The van der Waals surface area contributed by atoms with E-state index in [0.717, 1.165) is 40.8 Å². The van der Waals surface area contributed by atoms with Gasteiger partial charge in [-0.1, -0.05) is 0 Å². The number of carbonyl (C=O) groups excluding carboxylic acids is 1. The lowest BCUT2D eigenvalue weighted by molar-refractivity contribution is 0.0937. The van der Waals surface area contributed by atoms with Crippen molar-refractivity contribution in [3.05, 3.63) is 23.0 Å². The van der Waals surface area contributed by atoms with E-state index in [4.69, 9.17) is 4.98 Å². The highest BCUT2D eigenvalue weighted by Crippen LogP contribution is 2.41. The Bertz CT molecular complexity index is 753. The van der Waals surface area contributed by atoms with E-state index in [0.29, 0.717) is 5.92 Å². The molecule has 5 heteroatoms. The molecule has 0 saturated heterocycles. The maximum absolute atomic E-state index is 12.7. The number of fused-ring (bicyclic) bond motifs is 1. The number of aryl methyl sites for hydroxylation is 2. The van der Waals surface area contributed by atoms with Crippen LogP contribution < -0.4 is 5.32 Å². The Balaban J connectivity index is 1.86. The van der Waals surface area contributed by atoms with Gasteiger partial charge in [-0.25, -0.2) is 4.98 Å². The van der Waals surface area contributed by atoms with Crippen LogP contribution in [0.25, 0.3) is 11.0 Å². The molecular formula is C16H20N4O. The predicted octanol–water partition coefficient (Wildman–Crippen LogP) is 2.44. The second kappa shape index (κ2) is 4.06. The normalized spacial score (nSPS) is 19.8. The number of nitrogens with one attached hydrogen (secondary N) is 1. The van der Waals surface area contributed by atoms with Crippen LogP contribution in [0.2, 0.25) is 0 Å². The van der Waals surface area contributed by atoms with Gasteiger partial charge in [0, 0.05) is 24.2 Å². The molecule has 2 saturated carbocycles. The molecule has 2 heterocycles. The summed E-state index contributed by atoms with van der Waals surface area (Å²) in [5, 5.41) is 8.49. The molecule has 21 heavy (non-hydrogen) atoms. The van der Waals surface area contributed by atoms with E-state index >= 15 is 0 Å². The Kier molecular flexibility index (Phi) is 2.47. The fourth-order valence-corrected chi connectivity index (χ4v) is 2.89. The van der Waals surface area contributed by atoms with Crippen molar-refractivity contribution in [2.24, 2.45) is 7.05 Å². The van der Waals surface area contributed by atoms with Gasteiger partial charge in [-0.3, -0.25) is 9.48 Å². The number of nitrogens with zero attached hydrogens (tertiary/aromatic N) is 3. The molecule has 0 aliphatic heterocycles. The van der Waals surface area contributed by atoms with Gasteiger partial charge in [0.25, 0.3) is 5.91 Å². The average molecular weight is 284 g/mol. The molecule has 0 unspecified atom stereocenters. The first-order valence-corrected chi connectivity index (χ1v) is 7.64. The van der Waals surface area contributed by atoms with Crippen molar-refractivity contribution in [2.45, 2.75) is 51.0 Å². The van der Waals surface area contributed by atoms with Crippen LogP contribution in [-0.4, -0.2) is 26.2 Å². The second-order valence-corrected chi connectivity index (χ2v) is 6.79. The van der Waals surface area contributed by atoms with E-state index in [1.807, 2.05) is 20.0 Å². The first-order valence-electron chi connectivity index (χ1n) is 7.64. The Hall–Kier alpha value is -1.91. The Morgan fingerprint density at radius 1 is 1.43 bits per heavy atom. The van der Waals surface area contributed by atoms with Crippen molar-refractivity contribution in [3.8, 4) is 0 Å². The molecule has 4 rings (SSSR count). The van der Waals surface area contributed by atoms with Crippen molar-refractivity contribution in [1.82, 2.24) is 20.1 Å². The third-order valence-electron chi connectivity index (χ3n) is 4.64. The van der Waals surface area contributed by atoms with Gasteiger partial charge >= 0.3 is 0 Å². The van der Waals surface area contributed by atoms with Crippen LogP contribution in [0.4, 0.5) is 0 Å². The number of hydrogen-bond donors (Lipinski definition) is 1. The number of carbonyl (C=O) groups is 1.